The van der Waals surface area contributed by atoms with Crippen molar-refractivity contribution in [3.63, 3.8) is 0 Å². The molecule has 1 aromatic carbocycles. The Morgan fingerprint density at radius 2 is 2.25 bits per heavy atom. The predicted octanol–water partition coefficient (Wildman–Crippen LogP) is 1.51. The Balaban J connectivity index is 2.19. The molecule has 0 aliphatic heterocycles. The Labute approximate surface area is 92.9 Å². The van der Waals surface area contributed by atoms with Gasteiger partial charge in [-0.15, -0.1) is 0 Å². The summed E-state index contributed by atoms with van der Waals surface area (Å²) in [4.78, 5) is 11.4. The van der Waals surface area contributed by atoms with Gasteiger partial charge in [-0.05, 0) is 18.2 Å². The molecule has 5 nitrogen and oxygen atoms in total. The second-order valence-electron chi connectivity index (χ2n) is 3.24. The van der Waals surface area contributed by atoms with Gasteiger partial charge in [0.25, 0.3) is 5.91 Å². The fraction of sp³-hybridized carbons (Fsp3) is 0.0909. The van der Waals surface area contributed by atoms with Crippen LogP contribution in [-0.2, 0) is 0 Å². The molecule has 1 heterocycles. The molecule has 5 heteroatoms. The largest absolute Gasteiger partial charge is 0.355 e. The lowest BCUT2D eigenvalue weighted by molar-refractivity contribution is 0.0963. The second kappa shape index (κ2) is 4.48. The molecular weight excluding hydrogens is 204 g/mol. The van der Waals surface area contributed by atoms with Gasteiger partial charge in [-0.25, -0.2) is 0 Å². The molecule has 1 aromatic heterocycles. The Kier molecular flexibility index (Phi) is 2.86. The van der Waals surface area contributed by atoms with Crippen LogP contribution in [0.1, 0.15) is 10.4 Å². The van der Waals surface area contributed by atoms with Crippen molar-refractivity contribution >= 4 is 17.4 Å². The average Bonchev–Trinajstić information content (AvgIpc) is 2.81. The zero-order chi connectivity index (χ0) is 11.4. The summed E-state index contributed by atoms with van der Waals surface area (Å²) in [5.74, 6) is 0.611. The van der Waals surface area contributed by atoms with Gasteiger partial charge in [-0.1, -0.05) is 6.07 Å². The molecule has 2 rings (SSSR count). The van der Waals surface area contributed by atoms with Gasteiger partial charge < -0.3 is 10.6 Å². The van der Waals surface area contributed by atoms with Gasteiger partial charge >= 0.3 is 0 Å². The maximum atomic E-state index is 11.4. The van der Waals surface area contributed by atoms with E-state index in [0.717, 1.165) is 5.69 Å². The topological polar surface area (TPSA) is 69.8 Å². The highest BCUT2D eigenvalue weighted by Crippen LogP contribution is 2.15. The maximum absolute atomic E-state index is 11.4. The van der Waals surface area contributed by atoms with E-state index in [0.29, 0.717) is 11.4 Å². The monoisotopic (exact) mass is 216 g/mol. The van der Waals surface area contributed by atoms with E-state index in [9.17, 15) is 4.79 Å². The van der Waals surface area contributed by atoms with Crippen molar-refractivity contribution in [2.45, 2.75) is 0 Å². The lowest BCUT2D eigenvalue weighted by atomic mass is 10.2. The number of hydrogen-bond donors (Lipinski definition) is 3. The predicted molar refractivity (Wildman–Crippen MR) is 61.7 cm³/mol. The summed E-state index contributed by atoms with van der Waals surface area (Å²) in [6.07, 6.45) is 1.73. The number of hydrogen-bond acceptors (Lipinski definition) is 3. The molecule has 0 radical (unpaired) electrons. The molecule has 0 atom stereocenters. The van der Waals surface area contributed by atoms with Crippen LogP contribution in [0.15, 0.2) is 36.5 Å². The standard InChI is InChI=1S/C11H12N4O/c1-12-11(16)8-3-2-4-9(7-8)14-10-5-6-13-15-10/h2-7H,1H3,(H,12,16)(H2,13,14,15). The van der Waals surface area contributed by atoms with Crippen LogP contribution in [0, 0.1) is 0 Å². The van der Waals surface area contributed by atoms with Crippen LogP contribution < -0.4 is 10.6 Å². The van der Waals surface area contributed by atoms with E-state index in [4.69, 9.17) is 0 Å². The first kappa shape index (κ1) is 10.2. The van der Waals surface area contributed by atoms with Crippen LogP contribution >= 0.6 is 0 Å². The molecule has 2 aromatic rings. The van der Waals surface area contributed by atoms with Crippen molar-refractivity contribution in [3.8, 4) is 0 Å². The fourth-order valence-corrected chi connectivity index (χ4v) is 1.36. The first-order chi connectivity index (χ1) is 7.79. The molecule has 0 fully saturated rings. The van der Waals surface area contributed by atoms with Gasteiger partial charge in [0.1, 0.15) is 0 Å². The zero-order valence-corrected chi connectivity index (χ0v) is 8.82. The number of anilines is 2. The van der Waals surface area contributed by atoms with Crippen molar-refractivity contribution < 1.29 is 4.79 Å². The van der Waals surface area contributed by atoms with E-state index in [-0.39, 0.29) is 5.91 Å². The summed E-state index contributed by atoms with van der Waals surface area (Å²) in [6.45, 7) is 0. The summed E-state index contributed by atoms with van der Waals surface area (Å²) in [6, 6.07) is 9.04. The maximum Gasteiger partial charge on any atom is 0.251 e. The smallest absolute Gasteiger partial charge is 0.251 e. The molecule has 16 heavy (non-hydrogen) atoms. The number of amides is 1. The number of carbonyl (C=O) groups is 1. The lowest BCUT2D eigenvalue weighted by Crippen LogP contribution is -2.17. The molecule has 0 aliphatic rings. The Morgan fingerprint density at radius 1 is 1.38 bits per heavy atom. The summed E-state index contributed by atoms with van der Waals surface area (Å²) >= 11 is 0. The van der Waals surface area contributed by atoms with E-state index < -0.39 is 0 Å². The summed E-state index contributed by atoms with van der Waals surface area (Å²) in [5.41, 5.74) is 1.44. The average molecular weight is 216 g/mol. The van der Waals surface area contributed by atoms with Gasteiger partial charge in [-0.2, -0.15) is 5.10 Å². The van der Waals surface area contributed by atoms with Gasteiger partial charge in [0.15, 0.2) is 5.82 Å². The first-order valence-electron chi connectivity index (χ1n) is 4.88. The third-order valence-electron chi connectivity index (χ3n) is 2.12. The van der Waals surface area contributed by atoms with Crippen LogP contribution in [0.2, 0.25) is 0 Å². The number of aromatic amines is 1. The highest BCUT2D eigenvalue weighted by molar-refractivity contribution is 5.95. The molecule has 1 amide bonds. The van der Waals surface area contributed by atoms with Gasteiger partial charge in [0, 0.05) is 30.6 Å². The van der Waals surface area contributed by atoms with Crippen LogP contribution in [0.5, 0.6) is 0 Å². The Bertz CT molecular complexity index is 478. The van der Waals surface area contributed by atoms with Gasteiger partial charge in [-0.3, -0.25) is 9.89 Å². The van der Waals surface area contributed by atoms with E-state index in [2.05, 4.69) is 20.8 Å². The molecule has 0 unspecified atom stereocenters. The number of aromatic nitrogens is 2. The third kappa shape index (κ3) is 2.20. The second-order valence-corrected chi connectivity index (χ2v) is 3.24. The number of nitrogens with zero attached hydrogens (tertiary/aromatic N) is 1. The minimum Gasteiger partial charge on any atom is -0.355 e. The normalized spacial score (nSPS) is 9.81. The molecule has 0 saturated carbocycles. The number of rotatable bonds is 3. The van der Waals surface area contributed by atoms with Crippen LogP contribution in [-0.4, -0.2) is 23.2 Å². The van der Waals surface area contributed by atoms with E-state index in [1.807, 2.05) is 18.2 Å². The van der Waals surface area contributed by atoms with Gasteiger partial charge in [0.2, 0.25) is 0 Å². The number of H-pyrrole nitrogens is 1. The summed E-state index contributed by atoms with van der Waals surface area (Å²) in [5, 5.41) is 12.3. The molecule has 0 spiro atoms. The van der Waals surface area contributed by atoms with Gasteiger partial charge in [0.05, 0.1) is 0 Å². The van der Waals surface area contributed by atoms with Crippen molar-refractivity contribution in [3.05, 3.63) is 42.1 Å². The summed E-state index contributed by atoms with van der Waals surface area (Å²) < 4.78 is 0. The molecular formula is C11H12N4O. The lowest BCUT2D eigenvalue weighted by Gasteiger charge is -2.05. The highest BCUT2D eigenvalue weighted by Gasteiger charge is 2.03. The zero-order valence-electron chi connectivity index (χ0n) is 8.82. The van der Waals surface area contributed by atoms with Crippen LogP contribution in [0.3, 0.4) is 0 Å². The minimum atomic E-state index is -0.106. The van der Waals surface area contributed by atoms with Crippen molar-refractivity contribution in [1.82, 2.24) is 15.5 Å². The van der Waals surface area contributed by atoms with E-state index in [1.54, 1.807) is 25.4 Å². The van der Waals surface area contributed by atoms with E-state index in [1.165, 1.54) is 0 Å². The Morgan fingerprint density at radius 3 is 2.94 bits per heavy atom. The molecule has 0 bridgehead atoms. The fourth-order valence-electron chi connectivity index (χ4n) is 1.36. The molecule has 3 N–H and O–H groups in total. The quantitative estimate of drug-likeness (QED) is 0.728. The van der Waals surface area contributed by atoms with Crippen molar-refractivity contribution in [1.29, 1.82) is 0 Å². The number of carbonyl (C=O) groups excluding carboxylic acids is 1. The van der Waals surface area contributed by atoms with Crippen LogP contribution in [0.25, 0.3) is 0 Å². The van der Waals surface area contributed by atoms with E-state index >= 15 is 0 Å². The third-order valence-corrected chi connectivity index (χ3v) is 2.12. The number of nitrogens with one attached hydrogen (secondary N) is 3. The molecule has 82 valence electrons. The SMILES string of the molecule is CNC(=O)c1cccc(Nc2cc[nH]n2)c1. The van der Waals surface area contributed by atoms with Crippen molar-refractivity contribution in [2.75, 3.05) is 12.4 Å². The molecule has 0 aliphatic carbocycles. The highest BCUT2D eigenvalue weighted by atomic mass is 16.1. The molecule has 0 saturated heterocycles. The Hall–Kier alpha value is -2.30. The summed E-state index contributed by atoms with van der Waals surface area (Å²) in [7, 11) is 1.61. The first-order valence-corrected chi connectivity index (χ1v) is 4.88. The van der Waals surface area contributed by atoms with Crippen molar-refractivity contribution in [2.24, 2.45) is 0 Å². The van der Waals surface area contributed by atoms with Crippen LogP contribution in [0.4, 0.5) is 11.5 Å². The minimum absolute atomic E-state index is 0.106. The number of benzene rings is 1.